The maximum atomic E-state index is 12.1. The Morgan fingerprint density at radius 1 is 1.32 bits per heavy atom. The molecule has 0 fully saturated rings. The van der Waals surface area contributed by atoms with E-state index in [1.54, 1.807) is 0 Å². The molecule has 0 bridgehead atoms. The van der Waals surface area contributed by atoms with Gasteiger partial charge in [0.1, 0.15) is 0 Å². The molecule has 0 spiro atoms. The molecule has 0 aliphatic heterocycles. The van der Waals surface area contributed by atoms with E-state index < -0.39 is 9.84 Å². The molecule has 0 saturated heterocycles. The smallest absolute Gasteiger partial charge is 0.178 e. The normalized spacial score (nSPS) is 13.5. The molecule has 1 rings (SSSR count). The van der Waals surface area contributed by atoms with Crippen LogP contribution in [0.4, 0.5) is 0 Å². The van der Waals surface area contributed by atoms with Crippen molar-refractivity contribution in [2.75, 3.05) is 18.9 Å². The van der Waals surface area contributed by atoms with Crippen LogP contribution in [0.3, 0.4) is 0 Å². The van der Waals surface area contributed by atoms with Crippen molar-refractivity contribution in [3.05, 3.63) is 28.2 Å². The summed E-state index contributed by atoms with van der Waals surface area (Å²) in [6.45, 7) is 2.65. The van der Waals surface area contributed by atoms with E-state index in [9.17, 15) is 8.42 Å². The fourth-order valence-corrected chi connectivity index (χ4v) is 3.32. The van der Waals surface area contributed by atoms with E-state index in [4.69, 9.17) is 33.7 Å². The van der Waals surface area contributed by atoms with E-state index in [0.717, 1.165) is 0 Å². The molecular formula is C12H17Cl2NO3S. The van der Waals surface area contributed by atoms with Crippen LogP contribution in [0.5, 0.6) is 0 Å². The number of nitrogens with two attached hydrogens (primary N) is 1. The van der Waals surface area contributed by atoms with Crippen LogP contribution in [-0.4, -0.2) is 33.4 Å². The lowest BCUT2D eigenvalue weighted by molar-refractivity contribution is 0.0671. The molecule has 1 atom stereocenters. The fourth-order valence-electron chi connectivity index (χ4n) is 1.58. The van der Waals surface area contributed by atoms with Gasteiger partial charge in [-0.1, -0.05) is 23.2 Å². The maximum Gasteiger partial charge on any atom is 0.178 e. The lowest BCUT2D eigenvalue weighted by Gasteiger charge is -2.14. The van der Waals surface area contributed by atoms with Crippen molar-refractivity contribution >= 4 is 33.0 Å². The van der Waals surface area contributed by atoms with E-state index in [1.807, 2.05) is 6.92 Å². The lowest BCUT2D eigenvalue weighted by atomic mass is 10.3. The molecule has 0 aliphatic rings. The Hall–Kier alpha value is -0.330. The largest absolute Gasteiger partial charge is 0.377 e. The molecule has 0 amide bonds. The Balaban J connectivity index is 2.78. The van der Waals surface area contributed by atoms with Crippen LogP contribution < -0.4 is 5.73 Å². The standard InChI is InChI=1S/C12H17Cl2NO3S/c1-2-18-9(8-15)5-6-19(16,17)10-3-4-11(13)12(14)7-10/h3-4,7,9H,2,5-6,8,15H2,1H3. The Morgan fingerprint density at radius 2 is 2.00 bits per heavy atom. The first kappa shape index (κ1) is 16.7. The zero-order valence-electron chi connectivity index (χ0n) is 10.6. The number of benzene rings is 1. The number of halogens is 2. The second kappa shape index (κ2) is 7.45. The molecule has 19 heavy (non-hydrogen) atoms. The highest BCUT2D eigenvalue weighted by atomic mass is 35.5. The fraction of sp³-hybridized carbons (Fsp3) is 0.500. The second-order valence-corrected chi connectivity index (χ2v) is 6.92. The van der Waals surface area contributed by atoms with E-state index in [1.165, 1.54) is 18.2 Å². The molecule has 2 N–H and O–H groups in total. The number of hydrogen-bond donors (Lipinski definition) is 1. The molecule has 108 valence electrons. The molecule has 1 aromatic carbocycles. The molecule has 1 unspecified atom stereocenters. The Kier molecular flexibility index (Phi) is 6.56. The van der Waals surface area contributed by atoms with Crippen molar-refractivity contribution in [3.63, 3.8) is 0 Å². The van der Waals surface area contributed by atoms with Gasteiger partial charge in [-0.3, -0.25) is 0 Å². The van der Waals surface area contributed by atoms with Crippen LogP contribution in [0.15, 0.2) is 23.1 Å². The van der Waals surface area contributed by atoms with Crippen LogP contribution in [-0.2, 0) is 14.6 Å². The van der Waals surface area contributed by atoms with Gasteiger partial charge in [-0.15, -0.1) is 0 Å². The Morgan fingerprint density at radius 3 is 2.53 bits per heavy atom. The van der Waals surface area contributed by atoms with Crippen LogP contribution in [0.25, 0.3) is 0 Å². The van der Waals surface area contributed by atoms with E-state index >= 15 is 0 Å². The molecule has 7 heteroatoms. The highest BCUT2D eigenvalue weighted by Crippen LogP contribution is 2.25. The summed E-state index contributed by atoms with van der Waals surface area (Å²) >= 11 is 11.6. The van der Waals surface area contributed by atoms with Crippen molar-refractivity contribution in [2.24, 2.45) is 5.73 Å². The van der Waals surface area contributed by atoms with Gasteiger partial charge in [0.2, 0.25) is 0 Å². The highest BCUT2D eigenvalue weighted by molar-refractivity contribution is 7.91. The quantitative estimate of drug-likeness (QED) is 0.836. The molecule has 0 saturated carbocycles. The van der Waals surface area contributed by atoms with Crippen molar-refractivity contribution < 1.29 is 13.2 Å². The molecule has 0 aliphatic carbocycles. The number of rotatable bonds is 7. The van der Waals surface area contributed by atoms with Crippen LogP contribution in [0, 0.1) is 0 Å². The van der Waals surface area contributed by atoms with Crippen molar-refractivity contribution in [2.45, 2.75) is 24.3 Å². The van der Waals surface area contributed by atoms with Crippen molar-refractivity contribution in [1.29, 1.82) is 0 Å². The summed E-state index contributed by atoms with van der Waals surface area (Å²) in [4.78, 5) is 0.161. The average Bonchev–Trinajstić information content (AvgIpc) is 2.37. The summed E-state index contributed by atoms with van der Waals surface area (Å²) in [5.41, 5.74) is 5.51. The summed E-state index contributed by atoms with van der Waals surface area (Å²) in [6.07, 6.45) is 0.106. The lowest BCUT2D eigenvalue weighted by Crippen LogP contribution is -2.26. The number of hydrogen-bond acceptors (Lipinski definition) is 4. The van der Waals surface area contributed by atoms with Crippen LogP contribution >= 0.6 is 23.2 Å². The maximum absolute atomic E-state index is 12.1. The van der Waals surface area contributed by atoms with E-state index in [-0.39, 0.29) is 21.8 Å². The SMILES string of the molecule is CCOC(CN)CCS(=O)(=O)c1ccc(Cl)c(Cl)c1. The van der Waals surface area contributed by atoms with Gasteiger partial charge < -0.3 is 10.5 Å². The molecule has 4 nitrogen and oxygen atoms in total. The predicted molar refractivity (Wildman–Crippen MR) is 77.6 cm³/mol. The molecule has 1 aromatic rings. The first-order valence-corrected chi connectivity index (χ1v) is 8.31. The van der Waals surface area contributed by atoms with E-state index in [2.05, 4.69) is 0 Å². The number of ether oxygens (including phenoxy) is 1. The van der Waals surface area contributed by atoms with Gasteiger partial charge in [0.25, 0.3) is 0 Å². The number of sulfone groups is 1. The summed E-state index contributed by atoms with van der Waals surface area (Å²) in [5, 5.41) is 0.553. The van der Waals surface area contributed by atoms with Crippen molar-refractivity contribution in [3.8, 4) is 0 Å². The summed E-state index contributed by atoms with van der Waals surface area (Å²) in [5.74, 6) is -0.0349. The minimum atomic E-state index is -3.40. The Bertz CT molecular complexity index is 520. The Labute approximate surface area is 123 Å². The average molecular weight is 326 g/mol. The predicted octanol–water partition coefficient (Wildman–Crippen LogP) is 2.52. The minimum Gasteiger partial charge on any atom is -0.377 e. The molecular weight excluding hydrogens is 309 g/mol. The molecule has 0 heterocycles. The summed E-state index contributed by atoms with van der Waals surface area (Å²) < 4.78 is 29.6. The van der Waals surface area contributed by atoms with Crippen LogP contribution in [0.2, 0.25) is 10.0 Å². The zero-order valence-corrected chi connectivity index (χ0v) is 12.9. The minimum absolute atomic E-state index is 0.0349. The zero-order chi connectivity index (χ0) is 14.5. The van der Waals surface area contributed by atoms with Gasteiger partial charge in [-0.25, -0.2) is 8.42 Å². The first-order valence-electron chi connectivity index (χ1n) is 5.90. The van der Waals surface area contributed by atoms with E-state index in [0.29, 0.717) is 24.6 Å². The van der Waals surface area contributed by atoms with Crippen molar-refractivity contribution in [1.82, 2.24) is 0 Å². The molecule has 0 radical (unpaired) electrons. The third-order valence-electron chi connectivity index (χ3n) is 2.62. The van der Waals surface area contributed by atoms with Gasteiger partial charge in [-0.05, 0) is 31.5 Å². The van der Waals surface area contributed by atoms with Gasteiger partial charge in [0.15, 0.2) is 9.84 Å². The highest BCUT2D eigenvalue weighted by Gasteiger charge is 2.18. The van der Waals surface area contributed by atoms with Gasteiger partial charge >= 0.3 is 0 Å². The second-order valence-electron chi connectivity index (χ2n) is 4.00. The molecule has 0 aromatic heterocycles. The summed E-state index contributed by atoms with van der Waals surface area (Å²) in [7, 11) is -3.40. The topological polar surface area (TPSA) is 69.4 Å². The first-order chi connectivity index (χ1) is 8.90. The monoisotopic (exact) mass is 325 g/mol. The van der Waals surface area contributed by atoms with Crippen LogP contribution in [0.1, 0.15) is 13.3 Å². The summed E-state index contributed by atoms with van der Waals surface area (Å²) in [6, 6.07) is 4.28. The third-order valence-corrected chi connectivity index (χ3v) is 5.11. The van der Waals surface area contributed by atoms with Gasteiger partial charge in [-0.2, -0.15) is 0 Å². The third kappa shape index (κ3) is 4.93. The van der Waals surface area contributed by atoms with Gasteiger partial charge in [0.05, 0.1) is 26.8 Å². The van der Waals surface area contributed by atoms with Gasteiger partial charge in [0, 0.05) is 13.2 Å².